The van der Waals surface area contributed by atoms with E-state index < -0.39 is 11.5 Å². The van der Waals surface area contributed by atoms with Gasteiger partial charge >= 0.3 is 5.97 Å². The number of aryl methyl sites for hydroxylation is 2. The Bertz CT molecular complexity index is 689. The summed E-state index contributed by atoms with van der Waals surface area (Å²) in [6, 6.07) is 8.47. The highest BCUT2D eigenvalue weighted by Gasteiger charge is 2.14. The minimum Gasteiger partial charge on any atom is -0.478 e. The Morgan fingerprint density at radius 3 is 2.63 bits per heavy atom. The van der Waals surface area contributed by atoms with E-state index in [1.165, 1.54) is 4.68 Å². The van der Waals surface area contributed by atoms with Crippen LogP contribution in [0.3, 0.4) is 0 Å². The van der Waals surface area contributed by atoms with Crippen molar-refractivity contribution in [3.63, 3.8) is 0 Å². The third-order valence-corrected chi connectivity index (χ3v) is 2.92. The maximum Gasteiger partial charge on any atom is 0.337 e. The molecule has 0 saturated heterocycles. The second kappa shape index (κ2) is 5.06. The molecule has 0 saturated carbocycles. The summed E-state index contributed by atoms with van der Waals surface area (Å²) in [5, 5.41) is 13.2. The molecule has 0 aliphatic carbocycles. The number of hydrogen-bond donors (Lipinski definition) is 1. The first-order valence-electron chi connectivity index (χ1n) is 5.97. The highest BCUT2D eigenvalue weighted by Crippen LogP contribution is 2.12. The van der Waals surface area contributed by atoms with Gasteiger partial charge in [0.1, 0.15) is 0 Å². The van der Waals surface area contributed by atoms with Crippen LogP contribution in [0, 0.1) is 6.92 Å². The SMILES string of the molecule is CCc1nn(-c2ccccc2C)c(=O)cc1C(=O)O. The zero-order valence-corrected chi connectivity index (χ0v) is 10.8. The van der Waals surface area contributed by atoms with Gasteiger partial charge in [-0.3, -0.25) is 4.79 Å². The summed E-state index contributed by atoms with van der Waals surface area (Å²) in [4.78, 5) is 23.1. The van der Waals surface area contributed by atoms with Crippen molar-refractivity contribution in [2.75, 3.05) is 0 Å². The molecule has 0 spiro atoms. The molecule has 0 aliphatic rings. The van der Waals surface area contributed by atoms with E-state index >= 15 is 0 Å². The van der Waals surface area contributed by atoms with E-state index in [1.807, 2.05) is 25.1 Å². The van der Waals surface area contributed by atoms with Crippen molar-refractivity contribution in [1.29, 1.82) is 0 Å². The summed E-state index contributed by atoms with van der Waals surface area (Å²) in [6.07, 6.45) is 0.452. The Morgan fingerprint density at radius 2 is 2.05 bits per heavy atom. The van der Waals surface area contributed by atoms with E-state index in [1.54, 1.807) is 13.0 Å². The third kappa shape index (κ3) is 2.40. The number of hydrogen-bond acceptors (Lipinski definition) is 3. The molecule has 5 nitrogen and oxygen atoms in total. The Kier molecular flexibility index (Phi) is 3.46. The third-order valence-electron chi connectivity index (χ3n) is 2.92. The summed E-state index contributed by atoms with van der Waals surface area (Å²) >= 11 is 0. The van der Waals surface area contributed by atoms with Crippen molar-refractivity contribution >= 4 is 5.97 Å². The number of aromatic carboxylic acids is 1. The standard InChI is InChI=1S/C14H14N2O3/c1-3-11-10(14(18)19)8-13(17)16(15-11)12-7-5-4-6-9(12)2/h4-8H,3H2,1-2H3,(H,18,19). The van der Waals surface area contributed by atoms with Crippen LogP contribution in [0.1, 0.15) is 28.5 Å². The van der Waals surface area contributed by atoms with E-state index in [0.29, 0.717) is 17.8 Å². The first-order chi connectivity index (χ1) is 9.04. The van der Waals surface area contributed by atoms with Crippen LogP contribution in [0.2, 0.25) is 0 Å². The molecule has 1 heterocycles. The average molecular weight is 258 g/mol. The molecule has 19 heavy (non-hydrogen) atoms. The van der Waals surface area contributed by atoms with Crippen molar-refractivity contribution < 1.29 is 9.90 Å². The van der Waals surface area contributed by atoms with Crippen LogP contribution in [-0.4, -0.2) is 20.9 Å². The van der Waals surface area contributed by atoms with Gasteiger partial charge in [-0.1, -0.05) is 25.1 Å². The molecular weight excluding hydrogens is 244 g/mol. The van der Waals surface area contributed by atoms with Gasteiger partial charge in [0, 0.05) is 6.07 Å². The van der Waals surface area contributed by atoms with Gasteiger partial charge in [-0.2, -0.15) is 9.78 Å². The topological polar surface area (TPSA) is 72.2 Å². The zero-order valence-electron chi connectivity index (χ0n) is 10.8. The highest BCUT2D eigenvalue weighted by molar-refractivity contribution is 5.88. The first kappa shape index (κ1) is 13.0. The smallest absolute Gasteiger partial charge is 0.337 e. The molecule has 0 radical (unpaired) electrons. The van der Waals surface area contributed by atoms with E-state index in [2.05, 4.69) is 5.10 Å². The molecule has 0 aliphatic heterocycles. The van der Waals surface area contributed by atoms with Crippen molar-refractivity contribution in [2.45, 2.75) is 20.3 Å². The van der Waals surface area contributed by atoms with Crippen molar-refractivity contribution in [2.24, 2.45) is 0 Å². The normalized spacial score (nSPS) is 10.4. The molecule has 2 rings (SSSR count). The second-order valence-corrected chi connectivity index (χ2v) is 4.20. The minimum atomic E-state index is -1.13. The summed E-state index contributed by atoms with van der Waals surface area (Å²) in [5.74, 6) is -1.13. The van der Waals surface area contributed by atoms with Crippen LogP contribution in [0.15, 0.2) is 35.1 Å². The lowest BCUT2D eigenvalue weighted by Crippen LogP contribution is -2.25. The molecule has 1 N–H and O–H groups in total. The molecule has 0 unspecified atom stereocenters. The summed E-state index contributed by atoms with van der Waals surface area (Å²) in [6.45, 7) is 3.68. The van der Waals surface area contributed by atoms with Crippen LogP contribution in [0.4, 0.5) is 0 Å². The first-order valence-corrected chi connectivity index (χ1v) is 5.97. The number of carbonyl (C=O) groups is 1. The fourth-order valence-corrected chi connectivity index (χ4v) is 1.91. The Labute approximate surface area is 110 Å². The molecule has 0 atom stereocenters. The maximum atomic E-state index is 12.0. The monoisotopic (exact) mass is 258 g/mol. The molecular formula is C14H14N2O3. The van der Waals surface area contributed by atoms with E-state index in [4.69, 9.17) is 5.11 Å². The van der Waals surface area contributed by atoms with Gasteiger partial charge in [0.25, 0.3) is 5.56 Å². The number of benzene rings is 1. The van der Waals surface area contributed by atoms with E-state index in [0.717, 1.165) is 11.6 Å². The average Bonchev–Trinajstić information content (AvgIpc) is 2.39. The second-order valence-electron chi connectivity index (χ2n) is 4.20. The summed E-state index contributed by atoms with van der Waals surface area (Å²) in [5.41, 5.74) is 1.50. The minimum absolute atomic E-state index is 0.0302. The molecule has 2 aromatic rings. The van der Waals surface area contributed by atoms with Crippen LogP contribution < -0.4 is 5.56 Å². The van der Waals surface area contributed by atoms with Gasteiger partial charge in [-0.15, -0.1) is 0 Å². The Morgan fingerprint density at radius 1 is 1.37 bits per heavy atom. The Balaban J connectivity index is 2.70. The molecule has 5 heteroatoms. The van der Waals surface area contributed by atoms with Gasteiger partial charge in [0.2, 0.25) is 0 Å². The van der Waals surface area contributed by atoms with E-state index in [-0.39, 0.29) is 5.56 Å². The lowest BCUT2D eigenvalue weighted by Gasteiger charge is -2.10. The van der Waals surface area contributed by atoms with Gasteiger partial charge in [0.15, 0.2) is 0 Å². The number of carboxylic acid groups (broad SMARTS) is 1. The fourth-order valence-electron chi connectivity index (χ4n) is 1.91. The maximum absolute atomic E-state index is 12.0. The number of rotatable bonds is 3. The lowest BCUT2D eigenvalue weighted by atomic mass is 10.1. The molecule has 1 aromatic heterocycles. The van der Waals surface area contributed by atoms with Crippen molar-refractivity contribution in [1.82, 2.24) is 9.78 Å². The molecule has 0 bridgehead atoms. The molecule has 0 amide bonds. The van der Waals surface area contributed by atoms with Crippen LogP contribution >= 0.6 is 0 Å². The number of aromatic nitrogens is 2. The van der Waals surface area contributed by atoms with Gasteiger partial charge in [-0.25, -0.2) is 4.79 Å². The summed E-state index contributed by atoms with van der Waals surface area (Å²) in [7, 11) is 0. The van der Waals surface area contributed by atoms with Crippen molar-refractivity contribution in [3.05, 3.63) is 57.5 Å². The fraction of sp³-hybridized carbons (Fsp3) is 0.214. The van der Waals surface area contributed by atoms with Gasteiger partial charge in [0.05, 0.1) is 16.9 Å². The Hall–Kier alpha value is -2.43. The van der Waals surface area contributed by atoms with E-state index in [9.17, 15) is 9.59 Å². The molecule has 98 valence electrons. The van der Waals surface area contributed by atoms with Crippen LogP contribution in [0.25, 0.3) is 5.69 Å². The molecule has 1 aromatic carbocycles. The summed E-state index contributed by atoms with van der Waals surface area (Å²) < 4.78 is 1.25. The predicted octanol–water partition coefficient (Wildman–Crippen LogP) is 1.80. The number of para-hydroxylation sites is 1. The van der Waals surface area contributed by atoms with Crippen molar-refractivity contribution in [3.8, 4) is 5.69 Å². The highest BCUT2D eigenvalue weighted by atomic mass is 16.4. The van der Waals surface area contributed by atoms with Gasteiger partial charge < -0.3 is 5.11 Å². The van der Waals surface area contributed by atoms with Crippen LogP contribution in [-0.2, 0) is 6.42 Å². The number of carboxylic acids is 1. The molecule has 0 fully saturated rings. The van der Waals surface area contributed by atoms with Gasteiger partial charge in [-0.05, 0) is 25.0 Å². The zero-order chi connectivity index (χ0) is 14.0. The quantitative estimate of drug-likeness (QED) is 0.911. The van der Waals surface area contributed by atoms with Crippen LogP contribution in [0.5, 0.6) is 0 Å². The predicted molar refractivity (Wildman–Crippen MR) is 70.9 cm³/mol. The lowest BCUT2D eigenvalue weighted by molar-refractivity contribution is 0.0694. The number of nitrogens with zero attached hydrogens (tertiary/aromatic N) is 2. The largest absolute Gasteiger partial charge is 0.478 e.